The summed E-state index contributed by atoms with van der Waals surface area (Å²) < 4.78 is 17.2. The molecule has 0 fully saturated rings. The van der Waals surface area contributed by atoms with Crippen LogP contribution in [0.25, 0.3) is 43.8 Å². The Bertz CT molecular complexity index is 2250. The van der Waals surface area contributed by atoms with Gasteiger partial charge in [0.25, 0.3) is 0 Å². The Morgan fingerprint density at radius 1 is 0.412 bits per heavy atom. The summed E-state index contributed by atoms with van der Waals surface area (Å²) in [6, 6.07) is 49.0. The van der Waals surface area contributed by atoms with Gasteiger partial charge in [0, 0.05) is 0 Å². The third-order valence-electron chi connectivity index (χ3n) is 9.80. The molecule has 3 N–H and O–H groups in total. The molecule has 51 heavy (non-hydrogen) atoms. The molecule has 0 heterocycles. The quantitative estimate of drug-likeness (QED) is 0.121. The molecule has 254 valence electrons. The fraction of sp³-hybridized carbons (Fsp3) is 0.156. The zero-order chi connectivity index (χ0) is 34.8. The van der Waals surface area contributed by atoms with Crippen molar-refractivity contribution in [3.63, 3.8) is 0 Å². The van der Waals surface area contributed by atoms with Crippen LogP contribution in [0.4, 0.5) is 0 Å². The maximum absolute atomic E-state index is 9.31. The van der Waals surface area contributed by atoms with Gasteiger partial charge < -0.3 is 29.5 Å². The minimum atomic E-state index is -0.685. The average molecular weight is 675 g/mol. The second kappa shape index (κ2) is 13.9. The van der Waals surface area contributed by atoms with Crippen molar-refractivity contribution in [1.29, 1.82) is 0 Å². The summed E-state index contributed by atoms with van der Waals surface area (Å²) in [5.74, 6) is 2.16. The zero-order valence-electron chi connectivity index (χ0n) is 28.1. The van der Waals surface area contributed by atoms with Crippen LogP contribution in [0.1, 0.15) is 22.3 Å². The van der Waals surface area contributed by atoms with Gasteiger partial charge in [-0.3, -0.25) is 0 Å². The highest BCUT2D eigenvalue weighted by molar-refractivity contribution is 5.95. The first-order chi connectivity index (χ1) is 25.1. The third kappa shape index (κ3) is 5.77. The van der Waals surface area contributed by atoms with Gasteiger partial charge in [0.15, 0.2) is 0 Å². The Hall–Kier alpha value is -5.66. The Morgan fingerprint density at radius 3 is 1.47 bits per heavy atom. The van der Waals surface area contributed by atoms with Crippen LogP contribution in [0.15, 0.2) is 140 Å². The molecule has 0 aliphatic heterocycles. The van der Waals surface area contributed by atoms with Gasteiger partial charge in [-0.1, -0.05) is 91.0 Å². The van der Waals surface area contributed by atoms with Crippen molar-refractivity contribution < 1.29 is 29.5 Å². The lowest BCUT2D eigenvalue weighted by atomic mass is 9.65. The maximum atomic E-state index is 9.31. The smallest absolute Gasteiger partial charge is 0.120 e. The van der Waals surface area contributed by atoms with Crippen LogP contribution in [0.5, 0.6) is 17.2 Å². The van der Waals surface area contributed by atoms with Gasteiger partial charge in [0.05, 0.1) is 25.2 Å². The molecular weight excluding hydrogens is 636 g/mol. The molecule has 8 rings (SSSR count). The SMILES string of the molecule is OCCOc1ccc(-c2cccc3c2C(c2ccc4cc(OCCO)ccc4c2)(c2ccc4cc(OCCO)ccc4c2)c2ccccc2-3)cc1. The molecule has 7 aromatic rings. The molecular formula is C45H38O6. The van der Waals surface area contributed by atoms with Crippen LogP contribution in [0.2, 0.25) is 0 Å². The normalized spacial score (nSPS) is 12.8. The number of hydrogen-bond acceptors (Lipinski definition) is 6. The second-order valence-electron chi connectivity index (χ2n) is 12.7. The number of rotatable bonds is 12. The largest absolute Gasteiger partial charge is 0.491 e. The van der Waals surface area contributed by atoms with Crippen molar-refractivity contribution in [2.45, 2.75) is 5.41 Å². The number of aliphatic hydroxyl groups excluding tert-OH is 3. The van der Waals surface area contributed by atoms with Crippen LogP contribution >= 0.6 is 0 Å². The van der Waals surface area contributed by atoms with E-state index in [0.29, 0.717) is 5.75 Å². The first kappa shape index (κ1) is 32.5. The molecule has 1 aliphatic rings. The monoisotopic (exact) mass is 674 g/mol. The number of fused-ring (bicyclic) bond motifs is 5. The number of ether oxygens (including phenoxy) is 3. The van der Waals surface area contributed by atoms with E-state index in [1.165, 1.54) is 22.3 Å². The highest BCUT2D eigenvalue weighted by atomic mass is 16.5. The highest BCUT2D eigenvalue weighted by Crippen LogP contribution is 2.59. The van der Waals surface area contributed by atoms with Gasteiger partial charge in [-0.2, -0.15) is 0 Å². The summed E-state index contributed by atoms with van der Waals surface area (Å²) >= 11 is 0. The summed E-state index contributed by atoms with van der Waals surface area (Å²) in [5, 5.41) is 32.2. The van der Waals surface area contributed by atoms with Crippen molar-refractivity contribution in [3.8, 4) is 39.5 Å². The summed E-state index contributed by atoms with van der Waals surface area (Å²) in [7, 11) is 0. The van der Waals surface area contributed by atoms with Crippen LogP contribution < -0.4 is 14.2 Å². The fourth-order valence-electron chi connectivity index (χ4n) is 7.68. The lowest BCUT2D eigenvalue weighted by Gasteiger charge is -2.36. The molecule has 0 amide bonds. The molecule has 7 aromatic carbocycles. The fourth-order valence-corrected chi connectivity index (χ4v) is 7.68. The van der Waals surface area contributed by atoms with Crippen LogP contribution in [0, 0.1) is 0 Å². The van der Waals surface area contributed by atoms with E-state index >= 15 is 0 Å². The summed E-state index contributed by atoms with van der Waals surface area (Å²) in [5.41, 5.74) is 8.58. The Balaban J connectivity index is 1.40. The van der Waals surface area contributed by atoms with E-state index in [4.69, 9.17) is 14.2 Å². The molecule has 0 unspecified atom stereocenters. The first-order valence-corrected chi connectivity index (χ1v) is 17.3. The minimum absolute atomic E-state index is 0.0399. The van der Waals surface area contributed by atoms with Gasteiger partial charge in [-0.05, 0) is 115 Å². The lowest BCUT2D eigenvalue weighted by Crippen LogP contribution is -2.29. The minimum Gasteiger partial charge on any atom is -0.491 e. The predicted octanol–water partition coefficient (Wildman–Crippen LogP) is 8.14. The van der Waals surface area contributed by atoms with E-state index in [-0.39, 0.29) is 39.6 Å². The molecule has 6 nitrogen and oxygen atoms in total. The molecule has 0 atom stereocenters. The zero-order valence-corrected chi connectivity index (χ0v) is 28.1. The van der Waals surface area contributed by atoms with E-state index in [0.717, 1.165) is 55.3 Å². The molecule has 0 aromatic heterocycles. The van der Waals surface area contributed by atoms with Crippen molar-refractivity contribution in [3.05, 3.63) is 162 Å². The third-order valence-corrected chi connectivity index (χ3v) is 9.80. The summed E-state index contributed by atoms with van der Waals surface area (Å²) in [6.07, 6.45) is 0. The Kier molecular flexibility index (Phi) is 8.88. The van der Waals surface area contributed by atoms with Crippen LogP contribution in [-0.4, -0.2) is 55.0 Å². The second-order valence-corrected chi connectivity index (χ2v) is 12.7. The van der Waals surface area contributed by atoms with Gasteiger partial charge >= 0.3 is 0 Å². The molecule has 0 spiro atoms. The molecule has 6 heteroatoms. The van der Waals surface area contributed by atoms with E-state index in [9.17, 15) is 15.3 Å². The van der Waals surface area contributed by atoms with Crippen molar-refractivity contribution in [2.75, 3.05) is 39.6 Å². The first-order valence-electron chi connectivity index (χ1n) is 17.3. The number of aliphatic hydroxyl groups is 3. The molecule has 0 bridgehead atoms. The lowest BCUT2D eigenvalue weighted by molar-refractivity contribution is 0.201. The summed E-state index contributed by atoms with van der Waals surface area (Å²) in [6.45, 7) is 0.611. The van der Waals surface area contributed by atoms with Gasteiger partial charge in [0.2, 0.25) is 0 Å². The summed E-state index contributed by atoms with van der Waals surface area (Å²) in [4.78, 5) is 0. The van der Waals surface area contributed by atoms with Crippen molar-refractivity contribution in [1.82, 2.24) is 0 Å². The maximum Gasteiger partial charge on any atom is 0.120 e. The van der Waals surface area contributed by atoms with E-state index in [2.05, 4.69) is 103 Å². The predicted molar refractivity (Wildman–Crippen MR) is 202 cm³/mol. The molecule has 0 saturated heterocycles. The molecule has 1 aliphatic carbocycles. The average Bonchev–Trinajstić information content (AvgIpc) is 3.49. The van der Waals surface area contributed by atoms with E-state index in [1.54, 1.807) is 0 Å². The van der Waals surface area contributed by atoms with E-state index < -0.39 is 5.41 Å². The topological polar surface area (TPSA) is 88.4 Å². The molecule has 0 saturated carbocycles. The van der Waals surface area contributed by atoms with Gasteiger partial charge in [0.1, 0.15) is 37.1 Å². The molecule has 0 radical (unpaired) electrons. The van der Waals surface area contributed by atoms with E-state index in [1.807, 2.05) is 36.4 Å². The number of hydrogen-bond donors (Lipinski definition) is 3. The van der Waals surface area contributed by atoms with Crippen molar-refractivity contribution >= 4 is 21.5 Å². The van der Waals surface area contributed by atoms with Gasteiger partial charge in [-0.25, -0.2) is 0 Å². The highest BCUT2D eigenvalue weighted by Gasteiger charge is 2.47. The number of benzene rings is 7. The Labute approximate surface area is 296 Å². The van der Waals surface area contributed by atoms with Crippen LogP contribution in [-0.2, 0) is 5.41 Å². The van der Waals surface area contributed by atoms with Crippen LogP contribution in [0.3, 0.4) is 0 Å². The Morgan fingerprint density at radius 2 is 0.882 bits per heavy atom. The van der Waals surface area contributed by atoms with Crippen molar-refractivity contribution in [2.24, 2.45) is 0 Å². The standard InChI is InChI=1S/C45H38O6/c46-20-23-49-37-16-10-30(11-17-37)40-5-3-6-42-41-4-1-2-7-43(41)45(44(40)42,35-14-8-33-28-38(50-24-21-47)18-12-31(33)26-35)36-15-9-34-29-39(51-25-22-48)19-13-32(34)27-36/h1-19,26-29,46-48H,20-25H2. The van der Waals surface area contributed by atoms with Gasteiger partial charge in [-0.15, -0.1) is 0 Å².